The molecule has 0 spiro atoms. The number of hydrogen-bond donors (Lipinski definition) is 1. The largest absolute Gasteiger partial charge is 0.419 e. The lowest BCUT2D eigenvalue weighted by molar-refractivity contribution is -0.197. The van der Waals surface area contributed by atoms with Crippen molar-refractivity contribution in [2.45, 2.75) is 19.2 Å². The van der Waals surface area contributed by atoms with Crippen LogP contribution in [0, 0.1) is 6.92 Å². The molecule has 3 nitrogen and oxygen atoms in total. The second-order valence-electron chi connectivity index (χ2n) is 5.50. The average molecular weight is 412 g/mol. The summed E-state index contributed by atoms with van der Waals surface area (Å²) in [6.07, 6.45) is -7.10. The van der Waals surface area contributed by atoms with Gasteiger partial charge < -0.3 is 5.09 Å². The van der Waals surface area contributed by atoms with Gasteiger partial charge >= 0.3 is 6.18 Å². The molecular weight excluding hydrogens is 397 g/mol. The summed E-state index contributed by atoms with van der Waals surface area (Å²) >= 11 is 11.6. The van der Waals surface area contributed by atoms with Crippen LogP contribution >= 0.6 is 30.7 Å². The van der Waals surface area contributed by atoms with Crippen LogP contribution in [-0.2, 0) is 9.09 Å². The molecule has 0 saturated carbocycles. The van der Waals surface area contributed by atoms with E-state index in [1.165, 1.54) is 30.3 Å². The first kappa shape index (κ1) is 20.1. The minimum Gasteiger partial charge on any atom is -0.315 e. The maximum atomic E-state index is 13.4. The van der Waals surface area contributed by atoms with Gasteiger partial charge in [0.1, 0.15) is 0 Å². The van der Waals surface area contributed by atoms with Crippen molar-refractivity contribution in [3.05, 3.63) is 63.6 Å². The lowest BCUT2D eigenvalue weighted by atomic mass is 10.1. The van der Waals surface area contributed by atoms with E-state index in [2.05, 4.69) is 5.09 Å². The molecule has 0 amide bonds. The van der Waals surface area contributed by atoms with Crippen LogP contribution in [0.3, 0.4) is 0 Å². The quantitative estimate of drug-likeness (QED) is 0.546. The third kappa shape index (κ3) is 5.65. The Morgan fingerprint density at radius 1 is 1.08 bits per heavy atom. The van der Waals surface area contributed by atoms with E-state index in [9.17, 15) is 17.7 Å². The Bertz CT molecular complexity index is 797. The average Bonchev–Trinajstić information content (AvgIpc) is 2.48. The SMILES string of the molecule is Cc1ccc(Cl)cc1N[P@@](C)(=O)O[C@H](c1ccc(Cl)cc1)C(F)(F)F. The van der Waals surface area contributed by atoms with Gasteiger partial charge in [-0.05, 0) is 42.3 Å². The van der Waals surface area contributed by atoms with E-state index < -0.39 is 19.8 Å². The van der Waals surface area contributed by atoms with Crippen LogP contribution in [0.4, 0.5) is 18.9 Å². The van der Waals surface area contributed by atoms with Crippen molar-refractivity contribution in [1.82, 2.24) is 0 Å². The van der Waals surface area contributed by atoms with Gasteiger partial charge in [0.25, 0.3) is 7.52 Å². The van der Waals surface area contributed by atoms with Gasteiger partial charge in [-0.2, -0.15) is 13.2 Å². The number of benzene rings is 2. The molecule has 0 aromatic heterocycles. The molecule has 0 heterocycles. The van der Waals surface area contributed by atoms with E-state index in [1.54, 1.807) is 19.1 Å². The van der Waals surface area contributed by atoms with Crippen molar-refractivity contribution in [2.75, 3.05) is 11.8 Å². The van der Waals surface area contributed by atoms with E-state index >= 15 is 0 Å². The zero-order chi connectivity index (χ0) is 18.8. The Hall–Kier alpha value is -1.20. The summed E-state index contributed by atoms with van der Waals surface area (Å²) in [6, 6.07) is 9.75. The monoisotopic (exact) mass is 411 g/mol. The van der Waals surface area contributed by atoms with Crippen LogP contribution in [-0.4, -0.2) is 12.8 Å². The fourth-order valence-electron chi connectivity index (χ4n) is 2.11. The molecule has 2 aromatic rings. The van der Waals surface area contributed by atoms with E-state index in [0.29, 0.717) is 16.3 Å². The van der Waals surface area contributed by atoms with Crippen LogP contribution in [0.25, 0.3) is 0 Å². The molecular formula is C16H15Cl2F3NO2P. The zero-order valence-corrected chi connectivity index (χ0v) is 15.7. The standard InChI is InChI=1S/C16H15Cl2F3NO2P/c1-10-3-6-13(18)9-14(10)22-25(2,23)24-15(16(19,20)21)11-4-7-12(17)8-5-11/h3-9,15H,1-2H3,(H,22,23)/t15-,25+/m1/s1. The minimum absolute atomic E-state index is 0.191. The molecule has 0 unspecified atom stereocenters. The summed E-state index contributed by atoms with van der Waals surface area (Å²) in [4.78, 5) is 0. The highest BCUT2D eigenvalue weighted by atomic mass is 35.5. The van der Waals surface area contributed by atoms with E-state index in [4.69, 9.17) is 27.7 Å². The molecule has 2 aromatic carbocycles. The van der Waals surface area contributed by atoms with Crippen LogP contribution < -0.4 is 5.09 Å². The number of halogens is 5. The molecule has 1 N–H and O–H groups in total. The first-order valence-corrected chi connectivity index (χ1v) is 9.93. The minimum atomic E-state index is -4.75. The fraction of sp³-hybridized carbons (Fsp3) is 0.250. The van der Waals surface area contributed by atoms with Gasteiger partial charge in [-0.3, -0.25) is 9.09 Å². The number of alkyl halides is 3. The Labute approximate surface area is 153 Å². The van der Waals surface area contributed by atoms with Crippen molar-refractivity contribution in [3.8, 4) is 0 Å². The third-order valence-electron chi connectivity index (χ3n) is 3.30. The summed E-state index contributed by atoms with van der Waals surface area (Å²) in [5.41, 5.74) is 0.823. The van der Waals surface area contributed by atoms with Crippen LogP contribution in [0.1, 0.15) is 17.2 Å². The molecule has 9 heteroatoms. The molecule has 25 heavy (non-hydrogen) atoms. The molecule has 0 radical (unpaired) electrons. The molecule has 0 aliphatic heterocycles. The van der Waals surface area contributed by atoms with Crippen LogP contribution in [0.2, 0.25) is 10.0 Å². The van der Waals surface area contributed by atoms with Gasteiger partial charge in [0, 0.05) is 22.4 Å². The zero-order valence-electron chi connectivity index (χ0n) is 13.3. The van der Waals surface area contributed by atoms with Crippen LogP contribution in [0.5, 0.6) is 0 Å². The summed E-state index contributed by atoms with van der Waals surface area (Å²) in [5, 5.41) is 3.18. The summed E-state index contributed by atoms with van der Waals surface area (Å²) in [6.45, 7) is 2.79. The molecule has 0 bridgehead atoms. The van der Waals surface area contributed by atoms with E-state index in [1.807, 2.05) is 0 Å². The van der Waals surface area contributed by atoms with Gasteiger partial charge in [0.05, 0.1) is 0 Å². The molecule has 0 aliphatic carbocycles. The highest BCUT2D eigenvalue weighted by Crippen LogP contribution is 2.52. The first-order valence-electron chi connectivity index (χ1n) is 7.10. The maximum absolute atomic E-state index is 13.4. The normalized spacial score (nSPS) is 15.5. The summed E-state index contributed by atoms with van der Waals surface area (Å²) < 4.78 is 57.8. The molecule has 2 atom stereocenters. The Morgan fingerprint density at radius 2 is 1.64 bits per heavy atom. The molecule has 2 rings (SSSR count). The lowest BCUT2D eigenvalue weighted by Crippen LogP contribution is -2.23. The first-order chi connectivity index (χ1) is 11.5. The predicted molar refractivity (Wildman–Crippen MR) is 94.7 cm³/mol. The van der Waals surface area contributed by atoms with E-state index in [-0.39, 0.29) is 10.6 Å². The summed E-state index contributed by atoms with van der Waals surface area (Å²) in [5.74, 6) is 0. The van der Waals surface area contributed by atoms with Gasteiger partial charge in [-0.25, -0.2) is 0 Å². The number of hydrogen-bond acceptors (Lipinski definition) is 2. The van der Waals surface area contributed by atoms with Crippen molar-refractivity contribution in [1.29, 1.82) is 0 Å². The van der Waals surface area contributed by atoms with Crippen LogP contribution in [0.15, 0.2) is 42.5 Å². The Balaban J connectivity index is 2.29. The highest BCUT2D eigenvalue weighted by molar-refractivity contribution is 7.59. The highest BCUT2D eigenvalue weighted by Gasteiger charge is 2.45. The Kier molecular flexibility index (Phi) is 6.10. The Morgan fingerprint density at radius 3 is 2.20 bits per heavy atom. The van der Waals surface area contributed by atoms with Crippen molar-refractivity contribution in [2.24, 2.45) is 0 Å². The smallest absolute Gasteiger partial charge is 0.315 e. The third-order valence-corrected chi connectivity index (χ3v) is 5.05. The topological polar surface area (TPSA) is 38.3 Å². The number of nitrogens with one attached hydrogen (secondary N) is 1. The molecule has 0 aliphatic rings. The molecule has 136 valence electrons. The van der Waals surface area contributed by atoms with Crippen molar-refractivity contribution in [3.63, 3.8) is 0 Å². The number of anilines is 1. The predicted octanol–water partition coefficient (Wildman–Crippen LogP) is 6.86. The lowest BCUT2D eigenvalue weighted by Gasteiger charge is -2.26. The second kappa shape index (κ2) is 7.58. The van der Waals surface area contributed by atoms with Gasteiger partial charge in [0.15, 0.2) is 6.10 Å². The fourth-order valence-corrected chi connectivity index (χ4v) is 3.78. The van der Waals surface area contributed by atoms with Gasteiger partial charge in [-0.15, -0.1) is 0 Å². The van der Waals surface area contributed by atoms with Gasteiger partial charge in [0.2, 0.25) is 0 Å². The second-order valence-corrected chi connectivity index (χ2v) is 8.49. The van der Waals surface area contributed by atoms with Gasteiger partial charge in [-0.1, -0.05) is 41.4 Å². The number of aryl methyl sites for hydroxylation is 1. The van der Waals surface area contributed by atoms with E-state index in [0.717, 1.165) is 6.66 Å². The molecule has 0 saturated heterocycles. The van der Waals surface area contributed by atoms with Crippen molar-refractivity contribution >= 4 is 36.4 Å². The van der Waals surface area contributed by atoms with Crippen molar-refractivity contribution < 1.29 is 22.3 Å². The molecule has 0 fully saturated rings. The number of rotatable bonds is 5. The maximum Gasteiger partial charge on any atom is 0.419 e. The summed E-state index contributed by atoms with van der Waals surface area (Å²) in [7, 11) is -3.85.